The normalized spacial score (nSPS) is 10.2. The van der Waals surface area contributed by atoms with E-state index < -0.39 is 0 Å². The zero-order valence-electron chi connectivity index (χ0n) is 8.65. The highest BCUT2D eigenvalue weighted by Gasteiger charge is 2.10. The third-order valence-corrected chi connectivity index (χ3v) is 3.21. The van der Waals surface area contributed by atoms with Crippen LogP contribution in [0.2, 0.25) is 5.02 Å². The van der Waals surface area contributed by atoms with E-state index in [-0.39, 0.29) is 5.75 Å². The quantitative estimate of drug-likeness (QED) is 0.840. The van der Waals surface area contributed by atoms with Crippen molar-refractivity contribution in [3.05, 3.63) is 51.5 Å². The highest BCUT2D eigenvalue weighted by atomic mass is 79.9. The number of aromatic hydroxyl groups is 1. The molecule has 4 heteroatoms. The number of carbonyl (C=O) groups excluding carboxylic acids is 1. The van der Waals surface area contributed by atoms with Gasteiger partial charge in [0.2, 0.25) is 0 Å². The Morgan fingerprint density at radius 1 is 1.12 bits per heavy atom. The molecule has 2 aromatic rings. The Labute approximate surface area is 112 Å². The molecule has 1 N–H and O–H groups in total. The van der Waals surface area contributed by atoms with Gasteiger partial charge < -0.3 is 5.11 Å². The SMILES string of the molecule is O=Cc1ccc(O)cc1-c1cc(Br)ccc1Cl. The lowest BCUT2D eigenvalue weighted by atomic mass is 10.00. The van der Waals surface area contributed by atoms with E-state index in [0.29, 0.717) is 21.7 Å². The fourth-order valence-corrected chi connectivity index (χ4v) is 2.16. The van der Waals surface area contributed by atoms with Gasteiger partial charge in [-0.3, -0.25) is 4.79 Å². The Morgan fingerprint density at radius 3 is 2.59 bits per heavy atom. The molecule has 0 heterocycles. The first-order valence-corrected chi connectivity index (χ1v) is 6.02. The van der Waals surface area contributed by atoms with Gasteiger partial charge in [0.25, 0.3) is 0 Å². The summed E-state index contributed by atoms with van der Waals surface area (Å²) < 4.78 is 0.858. The van der Waals surface area contributed by atoms with Crippen molar-refractivity contribution in [1.82, 2.24) is 0 Å². The van der Waals surface area contributed by atoms with Gasteiger partial charge in [-0.2, -0.15) is 0 Å². The molecule has 0 radical (unpaired) electrons. The van der Waals surface area contributed by atoms with E-state index in [0.717, 1.165) is 10.8 Å². The summed E-state index contributed by atoms with van der Waals surface area (Å²) in [5.74, 6) is 0.0987. The molecule has 2 rings (SSSR count). The van der Waals surface area contributed by atoms with Gasteiger partial charge in [0, 0.05) is 20.6 Å². The fourth-order valence-electron chi connectivity index (χ4n) is 1.58. The predicted molar refractivity (Wildman–Crippen MR) is 71.6 cm³/mol. The fraction of sp³-hybridized carbons (Fsp3) is 0. The highest BCUT2D eigenvalue weighted by Crippen LogP contribution is 2.34. The third-order valence-electron chi connectivity index (χ3n) is 2.38. The lowest BCUT2D eigenvalue weighted by molar-refractivity contribution is 0.112. The van der Waals surface area contributed by atoms with Gasteiger partial charge >= 0.3 is 0 Å². The molecular weight excluding hydrogens is 303 g/mol. The molecule has 0 aliphatic rings. The molecule has 0 saturated heterocycles. The van der Waals surface area contributed by atoms with E-state index in [1.165, 1.54) is 12.1 Å². The first-order chi connectivity index (χ1) is 8.11. The van der Waals surface area contributed by atoms with Crippen LogP contribution in [0.25, 0.3) is 11.1 Å². The van der Waals surface area contributed by atoms with Crippen LogP contribution in [0.5, 0.6) is 5.75 Å². The number of aldehydes is 1. The monoisotopic (exact) mass is 310 g/mol. The smallest absolute Gasteiger partial charge is 0.150 e. The van der Waals surface area contributed by atoms with Gasteiger partial charge in [-0.05, 0) is 42.0 Å². The number of rotatable bonds is 2. The van der Waals surface area contributed by atoms with Crippen molar-refractivity contribution < 1.29 is 9.90 Å². The van der Waals surface area contributed by atoms with Crippen LogP contribution in [0.15, 0.2) is 40.9 Å². The second-order valence-corrected chi connectivity index (χ2v) is 4.84. The molecule has 0 aliphatic heterocycles. The molecule has 0 amide bonds. The summed E-state index contributed by atoms with van der Waals surface area (Å²) in [6.45, 7) is 0. The maximum absolute atomic E-state index is 11.0. The molecule has 0 saturated carbocycles. The molecule has 0 unspecified atom stereocenters. The Morgan fingerprint density at radius 2 is 1.88 bits per heavy atom. The molecular formula is C13H8BrClO2. The van der Waals surface area contributed by atoms with Crippen LogP contribution in [0.3, 0.4) is 0 Å². The zero-order chi connectivity index (χ0) is 12.4. The average Bonchev–Trinajstić information content (AvgIpc) is 2.32. The molecule has 0 atom stereocenters. The van der Waals surface area contributed by atoms with Crippen molar-refractivity contribution in [2.45, 2.75) is 0 Å². The molecule has 0 bridgehead atoms. The van der Waals surface area contributed by atoms with Gasteiger partial charge in [0.15, 0.2) is 6.29 Å². The van der Waals surface area contributed by atoms with Gasteiger partial charge in [0.1, 0.15) is 5.75 Å². The molecule has 17 heavy (non-hydrogen) atoms. The van der Waals surface area contributed by atoms with E-state index in [2.05, 4.69) is 15.9 Å². The summed E-state index contributed by atoms with van der Waals surface area (Å²) in [7, 11) is 0. The van der Waals surface area contributed by atoms with Gasteiger partial charge in [0.05, 0.1) is 0 Å². The van der Waals surface area contributed by atoms with Crippen LogP contribution < -0.4 is 0 Å². The minimum absolute atomic E-state index is 0.0987. The van der Waals surface area contributed by atoms with Gasteiger partial charge in [-0.15, -0.1) is 0 Å². The molecule has 2 nitrogen and oxygen atoms in total. The summed E-state index contributed by atoms with van der Waals surface area (Å²) in [6.07, 6.45) is 0.742. The van der Waals surface area contributed by atoms with Crippen molar-refractivity contribution in [3.63, 3.8) is 0 Å². The number of phenolic OH excluding ortho intramolecular Hbond substituents is 1. The van der Waals surface area contributed by atoms with Crippen molar-refractivity contribution in [2.75, 3.05) is 0 Å². The number of hydrogen-bond donors (Lipinski definition) is 1. The molecule has 0 fully saturated rings. The standard InChI is InChI=1S/C13H8BrClO2/c14-9-2-4-13(15)12(5-9)11-6-10(17)3-1-8(11)7-16/h1-7,17H. The maximum atomic E-state index is 11.0. The van der Waals surface area contributed by atoms with E-state index in [1.807, 2.05) is 12.1 Å². The number of carbonyl (C=O) groups is 1. The number of hydrogen-bond acceptors (Lipinski definition) is 2. The molecule has 0 aromatic heterocycles. The average molecular weight is 312 g/mol. The second kappa shape index (κ2) is 4.90. The van der Waals surface area contributed by atoms with Crippen molar-refractivity contribution in [2.24, 2.45) is 0 Å². The van der Waals surface area contributed by atoms with Gasteiger partial charge in [-0.1, -0.05) is 27.5 Å². The van der Waals surface area contributed by atoms with Crippen LogP contribution in [0.1, 0.15) is 10.4 Å². The van der Waals surface area contributed by atoms with E-state index in [4.69, 9.17) is 11.6 Å². The van der Waals surface area contributed by atoms with Crippen LogP contribution in [0, 0.1) is 0 Å². The zero-order valence-corrected chi connectivity index (χ0v) is 11.0. The number of halogens is 2. The lowest BCUT2D eigenvalue weighted by Gasteiger charge is -2.08. The third kappa shape index (κ3) is 2.51. The summed E-state index contributed by atoms with van der Waals surface area (Å²) in [5.41, 5.74) is 1.81. The lowest BCUT2D eigenvalue weighted by Crippen LogP contribution is -1.88. The molecule has 0 spiro atoms. The van der Waals surface area contributed by atoms with E-state index in [9.17, 15) is 9.90 Å². The Balaban J connectivity index is 2.70. The summed E-state index contributed by atoms with van der Waals surface area (Å²) in [5, 5.41) is 10.0. The Bertz CT molecular complexity index is 582. The summed E-state index contributed by atoms with van der Waals surface area (Å²) >= 11 is 9.44. The first kappa shape index (κ1) is 12.1. The Hall–Kier alpha value is -1.32. The van der Waals surface area contributed by atoms with E-state index in [1.54, 1.807) is 12.1 Å². The largest absolute Gasteiger partial charge is 0.508 e. The topological polar surface area (TPSA) is 37.3 Å². The van der Waals surface area contributed by atoms with Crippen LogP contribution >= 0.6 is 27.5 Å². The van der Waals surface area contributed by atoms with Crippen LogP contribution in [-0.2, 0) is 0 Å². The van der Waals surface area contributed by atoms with Crippen LogP contribution in [0.4, 0.5) is 0 Å². The maximum Gasteiger partial charge on any atom is 0.150 e. The predicted octanol–water partition coefficient (Wildman–Crippen LogP) is 4.29. The first-order valence-electron chi connectivity index (χ1n) is 4.85. The Kier molecular flexibility index (Phi) is 3.50. The summed E-state index contributed by atoms with van der Waals surface area (Å²) in [6, 6.07) is 9.92. The number of benzene rings is 2. The van der Waals surface area contributed by atoms with E-state index >= 15 is 0 Å². The van der Waals surface area contributed by atoms with Crippen LogP contribution in [-0.4, -0.2) is 11.4 Å². The minimum Gasteiger partial charge on any atom is -0.508 e. The summed E-state index contributed by atoms with van der Waals surface area (Å²) in [4.78, 5) is 11.0. The van der Waals surface area contributed by atoms with Gasteiger partial charge in [-0.25, -0.2) is 0 Å². The van der Waals surface area contributed by atoms with Crippen molar-refractivity contribution in [1.29, 1.82) is 0 Å². The molecule has 86 valence electrons. The second-order valence-electron chi connectivity index (χ2n) is 3.51. The minimum atomic E-state index is 0.0987. The van der Waals surface area contributed by atoms with Crippen molar-refractivity contribution >= 4 is 33.8 Å². The van der Waals surface area contributed by atoms with Crippen molar-refractivity contribution in [3.8, 4) is 16.9 Å². The number of phenols is 1. The molecule has 0 aliphatic carbocycles. The molecule has 2 aromatic carbocycles. The highest BCUT2D eigenvalue weighted by molar-refractivity contribution is 9.10.